The van der Waals surface area contributed by atoms with Crippen molar-refractivity contribution in [1.29, 1.82) is 0 Å². The lowest BCUT2D eigenvalue weighted by Gasteiger charge is -2.39. The molecule has 0 saturated carbocycles. The van der Waals surface area contributed by atoms with Gasteiger partial charge in [-0.3, -0.25) is 34.6 Å². The van der Waals surface area contributed by atoms with E-state index in [0.29, 0.717) is 0 Å². The van der Waals surface area contributed by atoms with Crippen LogP contribution in [0.2, 0.25) is 0 Å². The van der Waals surface area contributed by atoms with Gasteiger partial charge in [-0.05, 0) is 392 Å². The van der Waals surface area contributed by atoms with Crippen molar-refractivity contribution in [1.82, 2.24) is 39.9 Å². The fraction of sp³-hybridized carbons (Fsp3) is 0.125. The summed E-state index contributed by atoms with van der Waals surface area (Å²) in [6, 6.07) is 95.0. The average Bonchev–Trinajstić information content (AvgIpc) is 1.30. The molecule has 0 spiro atoms. The quantitative estimate of drug-likeness (QED) is 0.144. The molecule has 12 heteroatoms. The summed E-state index contributed by atoms with van der Waals surface area (Å²) < 4.78 is 0. The number of pyridine rings is 8. The Morgan fingerprint density at radius 1 is 0.157 bits per heavy atom. The fourth-order valence-corrected chi connectivity index (χ4v) is 28.1. The lowest BCUT2D eigenvalue weighted by molar-refractivity contribution is 0.941. The van der Waals surface area contributed by atoms with Gasteiger partial charge in [0.25, 0.3) is 0 Å². The third kappa shape index (κ3) is 10.5. The molecule has 36 rings (SSSR count). The van der Waals surface area contributed by atoms with Crippen LogP contribution >= 0.6 is 0 Å². The smallest absolute Gasteiger partial charge is 0.142 e. The van der Waals surface area contributed by atoms with E-state index in [1.54, 1.807) is 0 Å². The van der Waals surface area contributed by atoms with Gasteiger partial charge >= 0.3 is 0 Å². The second kappa shape index (κ2) is 28.4. The lowest BCUT2D eigenvalue weighted by atomic mass is 9.83. The largest absolute Gasteiger partial charge is 0.294 e. The van der Waals surface area contributed by atoms with Crippen molar-refractivity contribution in [3.05, 3.63) is 495 Å². The van der Waals surface area contributed by atoms with Crippen LogP contribution in [-0.2, 0) is 103 Å². The number of nitrogens with zero attached hydrogens (tertiary/aromatic N) is 12. The summed E-state index contributed by atoms with van der Waals surface area (Å²) in [5, 5.41) is 0. The van der Waals surface area contributed by atoms with Gasteiger partial charge in [-0.1, -0.05) is 176 Å². The Hall–Kier alpha value is -17.0. The number of benzene rings is 12. The first-order chi connectivity index (χ1) is 69.4. The number of anilines is 12. The Kier molecular flexibility index (Phi) is 15.4. The molecule has 0 N–H and O–H groups in total. The van der Waals surface area contributed by atoms with E-state index in [1.165, 1.54) is 301 Å². The second-order valence-corrected chi connectivity index (χ2v) is 40.8. The highest BCUT2D eigenvalue weighted by Crippen LogP contribution is 2.64. The summed E-state index contributed by atoms with van der Waals surface area (Å²) in [5.74, 6) is 5.25. The summed E-state index contributed by atoms with van der Waals surface area (Å²) in [6.07, 6.45) is 34.9. The summed E-state index contributed by atoms with van der Waals surface area (Å²) in [5.41, 5.74) is 77.4. The monoisotopic (exact) mass is 1790 g/mol. The van der Waals surface area contributed by atoms with Crippen LogP contribution in [0.4, 0.5) is 68.9 Å². The lowest BCUT2D eigenvalue weighted by Crippen LogP contribution is -2.27. The molecule has 16 heterocycles. The predicted octanol–water partition coefficient (Wildman–Crippen LogP) is 27.6. The normalized spacial score (nSPS) is 14.9. The molecule has 8 aromatic heterocycles. The van der Waals surface area contributed by atoms with Crippen molar-refractivity contribution in [2.24, 2.45) is 0 Å². The Balaban J connectivity index is 0.0000000829. The average molecular weight is 1790 g/mol. The van der Waals surface area contributed by atoms with Crippen LogP contribution in [0, 0.1) is 0 Å². The Bertz CT molecular complexity index is 8060. The molecule has 12 aromatic carbocycles. The molecule has 656 valence electrons. The maximum atomic E-state index is 4.86. The van der Waals surface area contributed by atoms with E-state index in [9.17, 15) is 0 Å². The standard InChI is InChI=1S/4C32H21N3/c1-2-8-24-18(5-1)13-19-9-10-20-15-25-26(29(20)28(19)24)17-23-14-21-6-3-11-33-31(21)35-30(23)27(25)16-22-7-4-12-34-32(22)35;1-2-7-23-18(5-1)13-19-9-10-20-14-24-25(30(20)29(19)23)16-22-17-27-28(8-4-11-33-27)35-31(22)26(24)15-21-6-3-12-34-32(21)35;1-2-6-24-18(4-1)12-20-7-8-21-14-25-26(30(21)29(20)24)16-23-13-19-9-11-33-17-28(19)35-31(23)27(25)15-22-5-3-10-34-32(22)35;1-2-6-24-18(4-1)12-19-7-8-20-14-25-26(30(20)29(19)24)16-22-13-23-17-33-11-9-28(23)35-31(22)27(25)15-21-5-3-10-34-32(21)35/h1-12,17H,13-16H2;1-12,16H,13-15,17H2;2*1-11,16-17H,12-15H2. The van der Waals surface area contributed by atoms with E-state index in [2.05, 4.69) is 278 Å². The fourth-order valence-electron chi connectivity index (χ4n) is 28.1. The number of hydrogen-bond acceptors (Lipinski definition) is 12. The van der Waals surface area contributed by atoms with E-state index >= 15 is 0 Å². The minimum Gasteiger partial charge on any atom is -0.294 e. The molecule has 8 aliphatic heterocycles. The van der Waals surface area contributed by atoms with Crippen LogP contribution in [0.25, 0.3) is 89.0 Å². The molecule has 20 aromatic rings. The van der Waals surface area contributed by atoms with Crippen LogP contribution in [0.3, 0.4) is 0 Å². The molecule has 0 unspecified atom stereocenters. The summed E-state index contributed by atoms with van der Waals surface area (Å²) in [6.45, 7) is 0. The van der Waals surface area contributed by atoms with Crippen molar-refractivity contribution in [2.75, 3.05) is 19.6 Å². The first-order valence-electron chi connectivity index (χ1n) is 49.7. The molecule has 140 heavy (non-hydrogen) atoms. The zero-order valence-electron chi connectivity index (χ0n) is 76.7. The summed E-state index contributed by atoms with van der Waals surface area (Å²) in [4.78, 5) is 47.5. The van der Waals surface area contributed by atoms with Gasteiger partial charge in [-0.25, -0.2) is 24.9 Å². The zero-order chi connectivity index (χ0) is 90.7. The summed E-state index contributed by atoms with van der Waals surface area (Å²) in [7, 11) is 0. The van der Waals surface area contributed by atoms with Gasteiger partial charge in [-0.15, -0.1) is 0 Å². The van der Waals surface area contributed by atoms with Crippen molar-refractivity contribution < 1.29 is 0 Å². The van der Waals surface area contributed by atoms with Crippen LogP contribution in [0.15, 0.2) is 317 Å². The Morgan fingerprint density at radius 3 is 0.829 bits per heavy atom. The number of hydrogen-bond donors (Lipinski definition) is 0. The number of fused-ring (bicyclic) bond motifs is 48. The van der Waals surface area contributed by atoms with Crippen LogP contribution in [-0.4, -0.2) is 39.9 Å². The highest BCUT2D eigenvalue weighted by molar-refractivity contribution is 6.06. The molecule has 8 aliphatic carbocycles. The minimum absolute atomic E-state index is 0.866. The summed E-state index contributed by atoms with van der Waals surface area (Å²) >= 11 is 0. The maximum Gasteiger partial charge on any atom is 0.142 e. The molecule has 12 nitrogen and oxygen atoms in total. The molecule has 0 fully saturated rings. The van der Waals surface area contributed by atoms with Crippen LogP contribution in [0.1, 0.15) is 178 Å². The Labute approximate surface area is 809 Å². The van der Waals surface area contributed by atoms with E-state index in [1.807, 2.05) is 68.0 Å². The maximum absolute atomic E-state index is 4.86. The SMILES string of the molecule is c1ccc2c(c1)Cc1ccc3c(c1-2)-c1cc2c4c(c1C3)Cc1cccnc1N4c1cccnc1C2.c1ccc2c(c1)Cc1ccc3c(c1-2)-c1cc2c4c(c1C3)Cc1cccnc1N4c1ccncc1C2.c1ccc2c(c1)Cc1ccc3c(c1-2)-c1cc2c4c(c1C3)Cc1cccnc1N4c1cnccc1C2.c1ccc2c(c1)Cc1ccc3c(c1-2)-c1cc2c4c(c1C3)Cc1cccnc1N4c1ncccc1C2. The van der Waals surface area contributed by atoms with Gasteiger partial charge in [0.1, 0.15) is 29.1 Å². The van der Waals surface area contributed by atoms with Crippen LogP contribution in [0.5, 0.6) is 0 Å². The Morgan fingerprint density at radius 2 is 0.429 bits per heavy atom. The highest BCUT2D eigenvalue weighted by Gasteiger charge is 2.46. The van der Waals surface area contributed by atoms with E-state index in [-0.39, 0.29) is 0 Å². The molecule has 0 atom stereocenters. The van der Waals surface area contributed by atoms with Gasteiger partial charge < -0.3 is 0 Å². The topological polar surface area (TPSA) is 116 Å². The molecule has 0 amide bonds. The molecule has 0 radical (unpaired) electrons. The number of aromatic nitrogens is 8. The van der Waals surface area contributed by atoms with Gasteiger partial charge in [0.2, 0.25) is 0 Å². The van der Waals surface area contributed by atoms with Crippen molar-refractivity contribution in [3.63, 3.8) is 0 Å². The molecule has 16 aliphatic rings. The first kappa shape index (κ1) is 76.2. The predicted molar refractivity (Wildman–Crippen MR) is 555 cm³/mol. The molecule has 0 saturated heterocycles. The molecular formula is C128H84N12. The third-order valence-electron chi connectivity index (χ3n) is 33.7. The third-order valence-corrected chi connectivity index (χ3v) is 33.7. The van der Waals surface area contributed by atoms with E-state index in [4.69, 9.17) is 29.9 Å². The van der Waals surface area contributed by atoms with Crippen molar-refractivity contribution in [3.8, 4) is 89.0 Å². The van der Waals surface area contributed by atoms with E-state index < -0.39 is 0 Å². The molecule has 0 bridgehead atoms. The first-order valence-corrected chi connectivity index (χ1v) is 49.7. The highest BCUT2D eigenvalue weighted by atomic mass is 15.3. The van der Waals surface area contributed by atoms with Crippen molar-refractivity contribution in [2.45, 2.75) is 103 Å². The zero-order valence-corrected chi connectivity index (χ0v) is 76.7. The van der Waals surface area contributed by atoms with Gasteiger partial charge in [0.05, 0.1) is 51.7 Å². The number of rotatable bonds is 0. The van der Waals surface area contributed by atoms with Crippen LogP contribution < -0.4 is 19.6 Å². The van der Waals surface area contributed by atoms with Gasteiger partial charge in [-0.2, -0.15) is 0 Å². The van der Waals surface area contributed by atoms with Crippen molar-refractivity contribution >= 4 is 68.9 Å². The van der Waals surface area contributed by atoms with Gasteiger partial charge in [0, 0.05) is 107 Å². The second-order valence-electron chi connectivity index (χ2n) is 40.8. The van der Waals surface area contributed by atoms with E-state index in [0.717, 1.165) is 138 Å². The van der Waals surface area contributed by atoms with Gasteiger partial charge in [0.15, 0.2) is 0 Å². The molecular weight excluding hydrogens is 1710 g/mol. The minimum atomic E-state index is 0.866.